The van der Waals surface area contributed by atoms with Gasteiger partial charge < -0.3 is 4.74 Å². The first-order chi connectivity index (χ1) is 7.61. The van der Waals surface area contributed by atoms with Crippen LogP contribution in [0.4, 0.5) is 0 Å². The Morgan fingerprint density at radius 3 is 2.56 bits per heavy atom. The smallest absolute Gasteiger partial charge is 0.337 e. The molecule has 2 aromatic carbocycles. The van der Waals surface area contributed by atoms with Crippen LogP contribution >= 0.6 is 0 Å². The van der Waals surface area contributed by atoms with Crippen LogP contribution in [0.1, 0.15) is 21.5 Å². The lowest BCUT2D eigenvalue weighted by Gasteiger charge is -2.06. The summed E-state index contributed by atoms with van der Waals surface area (Å²) in [6, 6.07) is 9.94. The van der Waals surface area contributed by atoms with E-state index < -0.39 is 0 Å². The number of hydrogen-bond acceptors (Lipinski definition) is 2. The van der Waals surface area contributed by atoms with E-state index in [0.717, 1.165) is 10.9 Å². The Labute approximate surface area is 94.8 Å². The lowest BCUT2D eigenvalue weighted by Crippen LogP contribution is -2.01. The summed E-state index contributed by atoms with van der Waals surface area (Å²) in [5.74, 6) is -0.287. The minimum absolute atomic E-state index is 0.287. The fourth-order valence-electron chi connectivity index (χ4n) is 1.89. The largest absolute Gasteiger partial charge is 0.465 e. The monoisotopic (exact) mass is 214 g/mol. The van der Waals surface area contributed by atoms with Crippen LogP contribution in [0.2, 0.25) is 0 Å². The Morgan fingerprint density at radius 1 is 1.12 bits per heavy atom. The minimum Gasteiger partial charge on any atom is -0.465 e. The van der Waals surface area contributed by atoms with Gasteiger partial charge in [-0.05, 0) is 42.3 Å². The summed E-state index contributed by atoms with van der Waals surface area (Å²) in [5.41, 5.74) is 2.93. The number of ether oxygens (including phenoxy) is 1. The van der Waals surface area contributed by atoms with Gasteiger partial charge in [0.25, 0.3) is 0 Å². The molecule has 2 rings (SSSR count). The summed E-state index contributed by atoms with van der Waals surface area (Å²) < 4.78 is 4.72. The maximum absolute atomic E-state index is 11.5. The first kappa shape index (κ1) is 10.7. The molecule has 0 aliphatic carbocycles. The molecule has 0 unspecified atom stereocenters. The molecule has 0 N–H and O–H groups in total. The molecule has 0 atom stereocenters. The van der Waals surface area contributed by atoms with Gasteiger partial charge in [-0.2, -0.15) is 0 Å². The summed E-state index contributed by atoms with van der Waals surface area (Å²) in [5, 5.41) is 2.26. The van der Waals surface area contributed by atoms with Crippen LogP contribution in [0.15, 0.2) is 30.3 Å². The number of carbonyl (C=O) groups is 1. The first-order valence-electron chi connectivity index (χ1n) is 5.21. The topological polar surface area (TPSA) is 26.3 Å². The zero-order chi connectivity index (χ0) is 11.7. The molecule has 0 aromatic heterocycles. The fourth-order valence-corrected chi connectivity index (χ4v) is 1.89. The second-order valence-corrected chi connectivity index (χ2v) is 4.01. The Bertz CT molecular complexity index is 556. The van der Waals surface area contributed by atoms with Gasteiger partial charge in [0.15, 0.2) is 0 Å². The second kappa shape index (κ2) is 3.97. The van der Waals surface area contributed by atoms with Gasteiger partial charge in [0.05, 0.1) is 12.7 Å². The van der Waals surface area contributed by atoms with Gasteiger partial charge >= 0.3 is 5.97 Å². The van der Waals surface area contributed by atoms with Crippen LogP contribution in [0.25, 0.3) is 10.8 Å². The van der Waals surface area contributed by atoms with Crippen molar-refractivity contribution >= 4 is 16.7 Å². The van der Waals surface area contributed by atoms with E-state index in [1.807, 2.05) is 31.2 Å². The zero-order valence-electron chi connectivity index (χ0n) is 9.70. The summed E-state index contributed by atoms with van der Waals surface area (Å²) in [6.07, 6.45) is 0. The molecule has 0 saturated heterocycles. The fraction of sp³-hybridized carbons (Fsp3) is 0.214. The molecule has 16 heavy (non-hydrogen) atoms. The molecule has 2 aromatic rings. The van der Waals surface area contributed by atoms with Gasteiger partial charge in [0.2, 0.25) is 0 Å². The number of rotatable bonds is 1. The molecule has 0 radical (unpaired) electrons. The molecule has 2 nitrogen and oxygen atoms in total. The Morgan fingerprint density at radius 2 is 1.88 bits per heavy atom. The van der Waals surface area contributed by atoms with Crippen LogP contribution < -0.4 is 0 Å². The maximum Gasteiger partial charge on any atom is 0.337 e. The Hall–Kier alpha value is -1.83. The highest BCUT2D eigenvalue weighted by atomic mass is 16.5. The molecular weight excluding hydrogens is 200 g/mol. The number of aryl methyl sites for hydroxylation is 2. The van der Waals surface area contributed by atoms with Crippen molar-refractivity contribution in [1.82, 2.24) is 0 Å². The van der Waals surface area contributed by atoms with Crippen LogP contribution in [0.5, 0.6) is 0 Å². The van der Waals surface area contributed by atoms with Crippen molar-refractivity contribution in [3.8, 4) is 0 Å². The van der Waals surface area contributed by atoms with Crippen LogP contribution in [-0.2, 0) is 4.74 Å². The van der Waals surface area contributed by atoms with Crippen LogP contribution in [0, 0.1) is 13.8 Å². The van der Waals surface area contributed by atoms with Crippen molar-refractivity contribution in [2.45, 2.75) is 13.8 Å². The molecule has 0 amide bonds. The molecule has 0 fully saturated rings. The van der Waals surface area contributed by atoms with Crippen molar-refractivity contribution < 1.29 is 9.53 Å². The Balaban J connectivity index is 2.68. The van der Waals surface area contributed by atoms with Crippen molar-refractivity contribution in [2.24, 2.45) is 0 Å². The molecule has 0 bridgehead atoms. The summed E-state index contributed by atoms with van der Waals surface area (Å²) in [6.45, 7) is 4.07. The lowest BCUT2D eigenvalue weighted by molar-refractivity contribution is 0.0601. The number of fused-ring (bicyclic) bond motifs is 1. The van der Waals surface area contributed by atoms with E-state index in [1.54, 1.807) is 0 Å². The molecular formula is C14H14O2. The van der Waals surface area contributed by atoms with Gasteiger partial charge in [-0.25, -0.2) is 4.79 Å². The van der Waals surface area contributed by atoms with Gasteiger partial charge in [0, 0.05) is 0 Å². The average Bonchev–Trinajstić information content (AvgIpc) is 2.28. The van der Waals surface area contributed by atoms with E-state index >= 15 is 0 Å². The molecule has 2 heteroatoms. The third-order valence-corrected chi connectivity index (χ3v) is 2.74. The van der Waals surface area contributed by atoms with Gasteiger partial charge in [-0.15, -0.1) is 0 Å². The third-order valence-electron chi connectivity index (χ3n) is 2.74. The quantitative estimate of drug-likeness (QED) is 0.681. The van der Waals surface area contributed by atoms with Crippen molar-refractivity contribution in [3.05, 3.63) is 47.0 Å². The standard InChI is InChI=1S/C14H14O2/c1-9-4-5-11-8-12(14(15)16-3)7-10(2)13(11)6-9/h4-8H,1-3H3. The number of hydrogen-bond donors (Lipinski definition) is 0. The SMILES string of the molecule is COC(=O)c1cc(C)c2cc(C)ccc2c1. The van der Waals surface area contributed by atoms with Gasteiger partial charge in [0.1, 0.15) is 0 Å². The summed E-state index contributed by atoms with van der Waals surface area (Å²) >= 11 is 0. The van der Waals surface area contributed by atoms with E-state index in [2.05, 4.69) is 13.0 Å². The van der Waals surface area contributed by atoms with Crippen LogP contribution in [-0.4, -0.2) is 13.1 Å². The number of benzene rings is 2. The number of carbonyl (C=O) groups excluding carboxylic acids is 1. The second-order valence-electron chi connectivity index (χ2n) is 4.01. The normalized spacial score (nSPS) is 10.4. The van der Waals surface area contributed by atoms with E-state index in [4.69, 9.17) is 4.74 Å². The summed E-state index contributed by atoms with van der Waals surface area (Å²) in [7, 11) is 1.40. The molecule has 0 heterocycles. The number of methoxy groups -OCH3 is 1. The molecule has 0 spiro atoms. The van der Waals surface area contributed by atoms with Crippen molar-refractivity contribution in [2.75, 3.05) is 7.11 Å². The molecule has 0 saturated carbocycles. The van der Waals surface area contributed by atoms with E-state index in [0.29, 0.717) is 5.56 Å². The minimum atomic E-state index is -0.287. The predicted octanol–water partition coefficient (Wildman–Crippen LogP) is 3.24. The van der Waals surface area contributed by atoms with Crippen molar-refractivity contribution in [3.63, 3.8) is 0 Å². The van der Waals surface area contributed by atoms with Crippen molar-refractivity contribution in [1.29, 1.82) is 0 Å². The first-order valence-corrected chi connectivity index (χ1v) is 5.21. The Kier molecular flexibility index (Phi) is 2.65. The van der Waals surface area contributed by atoms with E-state index in [-0.39, 0.29) is 5.97 Å². The molecule has 82 valence electrons. The highest BCUT2D eigenvalue weighted by molar-refractivity contribution is 5.97. The van der Waals surface area contributed by atoms with Gasteiger partial charge in [-0.1, -0.05) is 23.8 Å². The summed E-state index contributed by atoms with van der Waals surface area (Å²) in [4.78, 5) is 11.5. The third kappa shape index (κ3) is 1.78. The highest BCUT2D eigenvalue weighted by Gasteiger charge is 2.08. The number of esters is 1. The van der Waals surface area contributed by atoms with Crippen LogP contribution in [0.3, 0.4) is 0 Å². The average molecular weight is 214 g/mol. The molecule has 0 aliphatic rings. The highest BCUT2D eigenvalue weighted by Crippen LogP contribution is 2.22. The zero-order valence-corrected chi connectivity index (χ0v) is 9.70. The van der Waals surface area contributed by atoms with E-state index in [1.165, 1.54) is 18.1 Å². The maximum atomic E-state index is 11.5. The molecule has 0 aliphatic heterocycles. The predicted molar refractivity (Wildman–Crippen MR) is 64.8 cm³/mol. The lowest BCUT2D eigenvalue weighted by atomic mass is 10.00. The van der Waals surface area contributed by atoms with Gasteiger partial charge in [-0.3, -0.25) is 0 Å². The van der Waals surface area contributed by atoms with E-state index in [9.17, 15) is 4.79 Å².